The molecule has 0 saturated carbocycles. The molecule has 0 radical (unpaired) electrons. The van der Waals surface area contributed by atoms with Crippen molar-refractivity contribution in [3.63, 3.8) is 0 Å². The van der Waals surface area contributed by atoms with Gasteiger partial charge in [0.2, 0.25) is 0 Å². The van der Waals surface area contributed by atoms with E-state index < -0.39 is 0 Å². The second-order valence-corrected chi connectivity index (χ2v) is 5.47. The minimum absolute atomic E-state index is 0.495. The van der Waals surface area contributed by atoms with E-state index in [1.165, 1.54) is 3.57 Å². The Morgan fingerprint density at radius 2 is 2.12 bits per heavy atom. The number of rotatable bonds is 3. The number of benzene rings is 1. The van der Waals surface area contributed by atoms with E-state index in [-0.39, 0.29) is 0 Å². The average Bonchev–Trinajstić information content (AvgIpc) is 2.75. The summed E-state index contributed by atoms with van der Waals surface area (Å²) in [6, 6.07) is 10.7. The summed E-state index contributed by atoms with van der Waals surface area (Å²) < 4.78 is 3.38. The normalized spacial score (nSPS) is 11.5. The van der Waals surface area contributed by atoms with E-state index in [0.717, 1.165) is 11.3 Å². The Morgan fingerprint density at radius 3 is 2.76 bits per heavy atom. The summed E-state index contributed by atoms with van der Waals surface area (Å²) in [7, 11) is 0. The van der Waals surface area contributed by atoms with E-state index in [4.69, 9.17) is 0 Å². The van der Waals surface area contributed by atoms with Crippen molar-refractivity contribution in [2.45, 2.75) is 19.9 Å². The summed E-state index contributed by atoms with van der Waals surface area (Å²) in [5.41, 5.74) is 2.13. The first kappa shape index (κ1) is 12.4. The maximum absolute atomic E-state index is 4.47. The molecule has 1 aromatic heterocycles. The highest BCUT2D eigenvalue weighted by atomic mass is 127. The Hall–Kier alpha value is -1.10. The Morgan fingerprint density at radius 1 is 1.29 bits per heavy atom. The van der Waals surface area contributed by atoms with E-state index >= 15 is 0 Å². The van der Waals surface area contributed by atoms with Crippen LogP contribution in [-0.4, -0.2) is 10.8 Å². The Kier molecular flexibility index (Phi) is 3.99. The maximum atomic E-state index is 4.47. The largest absolute Gasteiger partial charge is 0.351 e. The molecule has 2 aromatic rings. The van der Waals surface area contributed by atoms with E-state index in [2.05, 4.69) is 76.6 Å². The van der Waals surface area contributed by atoms with Gasteiger partial charge in [-0.05, 0) is 60.7 Å². The van der Waals surface area contributed by atoms with Crippen molar-refractivity contribution in [2.24, 2.45) is 4.99 Å². The second-order valence-electron chi connectivity index (χ2n) is 4.22. The summed E-state index contributed by atoms with van der Waals surface area (Å²) in [5.74, 6) is 0. The first-order chi connectivity index (χ1) is 8.15. The van der Waals surface area contributed by atoms with Gasteiger partial charge in [-0.3, -0.25) is 4.99 Å². The quantitative estimate of drug-likeness (QED) is 0.582. The van der Waals surface area contributed by atoms with Gasteiger partial charge in [-0.2, -0.15) is 0 Å². The molecular formula is C14H15IN2. The fourth-order valence-electron chi connectivity index (χ4n) is 1.53. The lowest BCUT2D eigenvalue weighted by atomic mass is 10.3. The first-order valence-corrected chi connectivity index (χ1v) is 6.70. The smallest absolute Gasteiger partial charge is 0.0640 e. The first-order valence-electron chi connectivity index (χ1n) is 5.62. The van der Waals surface area contributed by atoms with Crippen LogP contribution in [0.5, 0.6) is 0 Å². The van der Waals surface area contributed by atoms with Crippen molar-refractivity contribution in [2.75, 3.05) is 0 Å². The van der Waals surface area contributed by atoms with E-state index in [0.29, 0.717) is 6.04 Å². The summed E-state index contributed by atoms with van der Waals surface area (Å²) in [4.78, 5) is 4.47. The monoisotopic (exact) mass is 338 g/mol. The highest BCUT2D eigenvalue weighted by Gasteiger charge is 1.97. The second kappa shape index (κ2) is 5.49. The topological polar surface area (TPSA) is 17.3 Å². The van der Waals surface area contributed by atoms with Crippen molar-refractivity contribution in [3.8, 4) is 0 Å². The van der Waals surface area contributed by atoms with Gasteiger partial charge in [-0.25, -0.2) is 0 Å². The molecule has 0 N–H and O–H groups in total. The Bertz CT molecular complexity index is 527. The fraction of sp³-hybridized carbons (Fsp3) is 0.214. The molecule has 0 amide bonds. The minimum atomic E-state index is 0.495. The molecule has 1 heterocycles. The van der Waals surface area contributed by atoms with Crippen LogP contribution >= 0.6 is 22.6 Å². The van der Waals surface area contributed by atoms with Gasteiger partial charge in [0.15, 0.2) is 0 Å². The predicted molar refractivity (Wildman–Crippen MR) is 81.2 cm³/mol. The van der Waals surface area contributed by atoms with Gasteiger partial charge in [-0.15, -0.1) is 0 Å². The molecule has 0 saturated heterocycles. The van der Waals surface area contributed by atoms with Crippen LogP contribution in [0, 0.1) is 3.57 Å². The third-order valence-corrected chi connectivity index (χ3v) is 3.18. The van der Waals surface area contributed by atoms with Crippen molar-refractivity contribution in [3.05, 3.63) is 51.9 Å². The fourth-order valence-corrected chi connectivity index (χ4v) is 2.06. The Labute approximate surface area is 116 Å². The summed E-state index contributed by atoms with van der Waals surface area (Å²) >= 11 is 2.29. The zero-order valence-electron chi connectivity index (χ0n) is 9.97. The van der Waals surface area contributed by atoms with E-state index in [9.17, 15) is 0 Å². The lowest BCUT2D eigenvalue weighted by Crippen LogP contribution is -1.95. The van der Waals surface area contributed by atoms with Gasteiger partial charge in [0.25, 0.3) is 0 Å². The molecule has 88 valence electrons. The lowest BCUT2D eigenvalue weighted by Gasteiger charge is -2.04. The van der Waals surface area contributed by atoms with Crippen LogP contribution in [0.1, 0.15) is 25.5 Å². The van der Waals surface area contributed by atoms with Crippen LogP contribution in [-0.2, 0) is 0 Å². The zero-order chi connectivity index (χ0) is 12.3. The molecule has 0 unspecified atom stereocenters. The molecule has 0 fully saturated rings. The number of aromatic nitrogens is 1. The van der Waals surface area contributed by atoms with Crippen LogP contribution in [0.25, 0.3) is 0 Å². The van der Waals surface area contributed by atoms with Crippen LogP contribution in [0.3, 0.4) is 0 Å². The molecule has 2 rings (SSSR count). The molecule has 1 aromatic carbocycles. The van der Waals surface area contributed by atoms with Gasteiger partial charge in [0.05, 0.1) is 5.69 Å². The number of aliphatic imine (C=N–C) groups is 1. The number of hydrogen-bond acceptors (Lipinski definition) is 1. The molecule has 0 aliphatic rings. The molecule has 0 atom stereocenters. The highest BCUT2D eigenvalue weighted by Crippen LogP contribution is 2.15. The number of hydrogen-bond donors (Lipinski definition) is 0. The molecule has 2 nitrogen and oxygen atoms in total. The van der Waals surface area contributed by atoms with Crippen LogP contribution in [0.2, 0.25) is 0 Å². The molecule has 0 bridgehead atoms. The molecular weight excluding hydrogens is 323 g/mol. The van der Waals surface area contributed by atoms with Gasteiger partial charge in [0, 0.05) is 33.8 Å². The predicted octanol–water partition coefficient (Wildman–Crippen LogP) is 4.42. The highest BCUT2D eigenvalue weighted by molar-refractivity contribution is 14.1. The molecule has 0 aliphatic carbocycles. The number of nitrogens with zero attached hydrogens (tertiary/aromatic N) is 2. The number of halogens is 1. The molecule has 3 heteroatoms. The zero-order valence-corrected chi connectivity index (χ0v) is 12.1. The summed E-state index contributed by atoms with van der Waals surface area (Å²) in [6.45, 7) is 4.33. The van der Waals surface area contributed by atoms with Crippen molar-refractivity contribution < 1.29 is 0 Å². The van der Waals surface area contributed by atoms with E-state index in [1.807, 2.05) is 18.3 Å². The van der Waals surface area contributed by atoms with Crippen LogP contribution in [0.4, 0.5) is 5.69 Å². The van der Waals surface area contributed by atoms with E-state index in [1.54, 1.807) is 0 Å². The SMILES string of the molecule is CC(C)n1ccc(C=Nc2cccc(I)c2)c1. The van der Waals surface area contributed by atoms with Gasteiger partial charge in [0.1, 0.15) is 0 Å². The van der Waals surface area contributed by atoms with Gasteiger partial charge < -0.3 is 4.57 Å². The maximum Gasteiger partial charge on any atom is 0.0640 e. The lowest BCUT2D eigenvalue weighted by molar-refractivity contribution is 0.603. The van der Waals surface area contributed by atoms with Gasteiger partial charge >= 0.3 is 0 Å². The molecule has 0 aliphatic heterocycles. The van der Waals surface area contributed by atoms with Crippen molar-refractivity contribution in [1.29, 1.82) is 0 Å². The molecule has 17 heavy (non-hydrogen) atoms. The third-order valence-electron chi connectivity index (χ3n) is 2.50. The van der Waals surface area contributed by atoms with Crippen molar-refractivity contribution in [1.82, 2.24) is 4.57 Å². The van der Waals surface area contributed by atoms with Gasteiger partial charge in [-0.1, -0.05) is 6.07 Å². The summed E-state index contributed by atoms with van der Waals surface area (Å²) in [5, 5.41) is 0. The van der Waals surface area contributed by atoms with Crippen LogP contribution in [0.15, 0.2) is 47.7 Å². The minimum Gasteiger partial charge on any atom is -0.351 e. The third kappa shape index (κ3) is 3.43. The summed E-state index contributed by atoms with van der Waals surface area (Å²) in [6.07, 6.45) is 6.10. The Balaban J connectivity index is 2.14. The average molecular weight is 338 g/mol. The molecule has 0 spiro atoms. The van der Waals surface area contributed by atoms with Crippen LogP contribution < -0.4 is 0 Å². The van der Waals surface area contributed by atoms with Crippen molar-refractivity contribution >= 4 is 34.5 Å². The standard InChI is InChI=1S/C14H15IN2/c1-11(2)17-7-6-12(10-17)9-16-14-5-3-4-13(15)8-14/h3-11H,1-2H3.